The zero-order chi connectivity index (χ0) is 12.4. The van der Waals surface area contributed by atoms with E-state index in [0.29, 0.717) is 5.95 Å². The first kappa shape index (κ1) is 11.4. The Morgan fingerprint density at radius 3 is 2.89 bits per heavy atom. The van der Waals surface area contributed by atoms with E-state index in [1.165, 1.54) is 0 Å². The molecule has 0 spiro atoms. The average molecular weight is 274 g/mol. The Hall–Kier alpha value is -1.66. The summed E-state index contributed by atoms with van der Waals surface area (Å²) in [5.74, 6) is 0.632. The Bertz CT molecular complexity index is 667. The van der Waals surface area contributed by atoms with Crippen molar-refractivity contribution in [3.8, 4) is 0 Å². The first-order chi connectivity index (χ1) is 8.86. The van der Waals surface area contributed by atoms with Crippen LogP contribution in [0.2, 0.25) is 0 Å². The third kappa shape index (κ3) is 2.16. The lowest BCUT2D eigenvalue weighted by molar-refractivity contribution is 1.09. The lowest BCUT2D eigenvalue weighted by Crippen LogP contribution is -1.98. The fourth-order valence-electron chi connectivity index (χ4n) is 1.58. The van der Waals surface area contributed by atoms with Crippen molar-refractivity contribution < 1.29 is 0 Å². The molecule has 4 nitrogen and oxygen atoms in total. The van der Waals surface area contributed by atoms with Crippen LogP contribution < -0.4 is 5.32 Å². The van der Waals surface area contributed by atoms with E-state index < -0.39 is 0 Å². The number of benzene rings is 1. The summed E-state index contributed by atoms with van der Waals surface area (Å²) in [5.41, 5.74) is 0.941. The van der Waals surface area contributed by atoms with E-state index in [9.17, 15) is 0 Å². The first-order valence-corrected chi connectivity index (χ1v) is 7.08. The van der Waals surface area contributed by atoms with E-state index in [2.05, 4.69) is 20.3 Å². The van der Waals surface area contributed by atoms with Crippen LogP contribution in [-0.2, 0) is 0 Å². The van der Waals surface area contributed by atoms with Crippen LogP contribution in [0.15, 0.2) is 45.2 Å². The number of para-hydroxylation sites is 1. The van der Waals surface area contributed by atoms with Gasteiger partial charge < -0.3 is 5.32 Å². The van der Waals surface area contributed by atoms with Crippen molar-refractivity contribution in [3.05, 3.63) is 35.8 Å². The number of hydrogen-bond donors (Lipinski definition) is 1. The first-order valence-electron chi connectivity index (χ1n) is 5.38. The molecule has 0 aliphatic carbocycles. The summed E-state index contributed by atoms with van der Waals surface area (Å²) in [6.45, 7) is 0. The van der Waals surface area contributed by atoms with Crippen molar-refractivity contribution in [1.29, 1.82) is 0 Å². The summed E-state index contributed by atoms with van der Waals surface area (Å²) in [6, 6.07) is 8.00. The molecule has 2 aromatic heterocycles. The molecule has 1 aromatic carbocycles. The monoisotopic (exact) mass is 274 g/mol. The van der Waals surface area contributed by atoms with E-state index in [-0.39, 0.29) is 0 Å². The molecule has 90 valence electrons. The highest BCUT2D eigenvalue weighted by molar-refractivity contribution is 8.01. The fourth-order valence-corrected chi connectivity index (χ4v) is 3.23. The fraction of sp³-hybridized carbons (Fsp3) is 0.0833. The van der Waals surface area contributed by atoms with Gasteiger partial charge in [-0.25, -0.2) is 15.0 Å². The molecule has 3 rings (SSSR count). The Kier molecular flexibility index (Phi) is 3.12. The minimum Gasteiger partial charge on any atom is -0.357 e. The summed E-state index contributed by atoms with van der Waals surface area (Å²) in [7, 11) is 1.82. The van der Waals surface area contributed by atoms with Gasteiger partial charge >= 0.3 is 0 Å². The molecule has 1 N–H and O–H groups in total. The van der Waals surface area contributed by atoms with Gasteiger partial charge in [0.15, 0.2) is 4.34 Å². The molecule has 6 heteroatoms. The summed E-state index contributed by atoms with van der Waals surface area (Å²) < 4.78 is 0.987. The molecule has 18 heavy (non-hydrogen) atoms. The molecule has 0 saturated carbocycles. The maximum absolute atomic E-state index is 4.50. The number of hydrogen-bond acceptors (Lipinski definition) is 6. The van der Waals surface area contributed by atoms with Crippen molar-refractivity contribution in [2.45, 2.75) is 9.37 Å². The largest absolute Gasteiger partial charge is 0.357 e. The van der Waals surface area contributed by atoms with E-state index in [4.69, 9.17) is 0 Å². The molecule has 3 aromatic rings. The number of aromatic nitrogens is 3. The normalized spacial score (nSPS) is 10.7. The molecule has 0 radical (unpaired) electrons. The van der Waals surface area contributed by atoms with Crippen molar-refractivity contribution in [2.75, 3.05) is 12.4 Å². The van der Waals surface area contributed by atoms with Crippen LogP contribution in [-0.4, -0.2) is 22.0 Å². The maximum Gasteiger partial charge on any atom is 0.224 e. The van der Waals surface area contributed by atoms with Crippen LogP contribution in [0, 0.1) is 0 Å². The van der Waals surface area contributed by atoms with Gasteiger partial charge in [0.25, 0.3) is 0 Å². The molecular formula is C12H10N4S2. The number of fused-ring (bicyclic) bond motifs is 1. The highest BCUT2D eigenvalue weighted by atomic mass is 32.2. The predicted octanol–water partition coefficient (Wildman–Crippen LogP) is 3.28. The summed E-state index contributed by atoms with van der Waals surface area (Å²) in [6.07, 6.45) is 1.80. The second kappa shape index (κ2) is 4.91. The summed E-state index contributed by atoms with van der Waals surface area (Å²) in [4.78, 5) is 13.2. The van der Waals surface area contributed by atoms with Crippen LogP contribution in [0.3, 0.4) is 0 Å². The number of anilines is 1. The van der Waals surface area contributed by atoms with Crippen LogP contribution in [0.1, 0.15) is 0 Å². The third-order valence-corrected chi connectivity index (χ3v) is 4.27. The van der Waals surface area contributed by atoms with Gasteiger partial charge in [0.2, 0.25) is 5.95 Å². The van der Waals surface area contributed by atoms with E-state index in [0.717, 1.165) is 20.3 Å². The van der Waals surface area contributed by atoms with Crippen molar-refractivity contribution >= 4 is 39.9 Å². The molecule has 0 unspecified atom stereocenters. The molecular weight excluding hydrogens is 264 g/mol. The minimum atomic E-state index is 0.632. The zero-order valence-corrected chi connectivity index (χ0v) is 11.3. The van der Waals surface area contributed by atoms with Gasteiger partial charge in [0, 0.05) is 24.0 Å². The minimum absolute atomic E-state index is 0.632. The van der Waals surface area contributed by atoms with E-state index >= 15 is 0 Å². The third-order valence-electron chi connectivity index (χ3n) is 2.39. The Morgan fingerprint density at radius 1 is 1.22 bits per heavy atom. The highest BCUT2D eigenvalue weighted by Crippen LogP contribution is 2.33. The second-order valence-electron chi connectivity index (χ2n) is 3.52. The Morgan fingerprint density at radius 2 is 2.11 bits per heavy atom. The molecule has 0 amide bonds. The molecule has 2 heterocycles. The molecule has 0 aliphatic rings. The van der Waals surface area contributed by atoms with Gasteiger partial charge in [-0.1, -0.05) is 18.2 Å². The number of rotatable bonds is 3. The lowest BCUT2D eigenvalue weighted by atomic mass is 10.2. The second-order valence-corrected chi connectivity index (χ2v) is 5.65. The van der Waals surface area contributed by atoms with Crippen LogP contribution in [0.4, 0.5) is 5.95 Å². The van der Waals surface area contributed by atoms with Gasteiger partial charge in [-0.15, -0.1) is 11.3 Å². The molecule has 0 bridgehead atoms. The molecule has 0 atom stereocenters. The van der Waals surface area contributed by atoms with Gasteiger partial charge in [-0.2, -0.15) is 0 Å². The lowest BCUT2D eigenvalue weighted by Gasteiger charge is -2.06. The smallest absolute Gasteiger partial charge is 0.224 e. The molecule has 0 aliphatic heterocycles. The van der Waals surface area contributed by atoms with Crippen LogP contribution >= 0.6 is 23.1 Å². The summed E-state index contributed by atoms with van der Waals surface area (Å²) >= 11 is 3.18. The predicted molar refractivity (Wildman–Crippen MR) is 75.3 cm³/mol. The van der Waals surface area contributed by atoms with Gasteiger partial charge in [0.1, 0.15) is 5.03 Å². The standard InChI is InChI=1S/C12H10N4S2/c1-13-11-15-9-5-3-2-4-8(9)10(16-11)18-12-14-6-7-17-12/h2-7H,1H3,(H,13,15,16). The maximum atomic E-state index is 4.50. The topological polar surface area (TPSA) is 50.7 Å². The number of thiazole rings is 1. The SMILES string of the molecule is CNc1nc(Sc2nccs2)c2ccccc2n1. The van der Waals surface area contributed by atoms with Crippen molar-refractivity contribution in [2.24, 2.45) is 0 Å². The Balaban J connectivity index is 2.13. The quantitative estimate of drug-likeness (QED) is 0.743. The average Bonchev–Trinajstić information content (AvgIpc) is 2.91. The Labute approximate surface area is 113 Å². The zero-order valence-electron chi connectivity index (χ0n) is 9.62. The van der Waals surface area contributed by atoms with Gasteiger partial charge in [-0.05, 0) is 17.8 Å². The van der Waals surface area contributed by atoms with Gasteiger partial charge in [0.05, 0.1) is 5.52 Å². The molecule has 0 fully saturated rings. The van der Waals surface area contributed by atoms with E-state index in [1.807, 2.05) is 36.7 Å². The summed E-state index contributed by atoms with van der Waals surface area (Å²) in [5, 5.41) is 6.93. The van der Waals surface area contributed by atoms with Gasteiger partial charge in [-0.3, -0.25) is 0 Å². The van der Waals surface area contributed by atoms with E-state index in [1.54, 1.807) is 29.3 Å². The molecule has 0 saturated heterocycles. The van der Waals surface area contributed by atoms with Crippen LogP contribution in [0.25, 0.3) is 10.9 Å². The highest BCUT2D eigenvalue weighted by Gasteiger charge is 2.09. The van der Waals surface area contributed by atoms with Crippen LogP contribution in [0.5, 0.6) is 0 Å². The number of nitrogens with zero attached hydrogens (tertiary/aromatic N) is 3. The van der Waals surface area contributed by atoms with Crippen molar-refractivity contribution in [1.82, 2.24) is 15.0 Å². The van der Waals surface area contributed by atoms with Crippen molar-refractivity contribution in [3.63, 3.8) is 0 Å². The number of nitrogens with one attached hydrogen (secondary N) is 1.